The third-order valence-electron chi connectivity index (χ3n) is 5.13. The van der Waals surface area contributed by atoms with Crippen molar-refractivity contribution < 1.29 is 29.6 Å². The first-order valence-electron chi connectivity index (χ1n) is 7.90. The van der Waals surface area contributed by atoms with Crippen LogP contribution < -0.4 is 4.74 Å². The van der Waals surface area contributed by atoms with Crippen LogP contribution in [0.15, 0.2) is 24.3 Å². The van der Waals surface area contributed by atoms with Crippen LogP contribution in [0.3, 0.4) is 0 Å². The standard InChI is InChI=1S/C19H16O6/c1-7-16(21)9-6-10(20)14-12-8(4-3-5-11(12)25-2)18(23)15(14)13(9)19(24)17(7)22/h3-7,17,19-20,22,24H,1-2H3. The summed E-state index contributed by atoms with van der Waals surface area (Å²) in [5.74, 6) is -1.47. The number of aliphatic hydroxyl groups is 2. The number of phenols is 1. The first-order chi connectivity index (χ1) is 11.9. The molecule has 3 atom stereocenters. The summed E-state index contributed by atoms with van der Waals surface area (Å²) in [6.07, 6.45) is -2.70. The van der Waals surface area contributed by atoms with E-state index in [9.17, 15) is 24.9 Å². The van der Waals surface area contributed by atoms with E-state index in [1.54, 1.807) is 18.2 Å². The van der Waals surface area contributed by atoms with E-state index >= 15 is 0 Å². The zero-order chi connectivity index (χ0) is 18.0. The molecular weight excluding hydrogens is 324 g/mol. The summed E-state index contributed by atoms with van der Waals surface area (Å²) in [6.45, 7) is 1.50. The summed E-state index contributed by atoms with van der Waals surface area (Å²) in [5.41, 5.74) is 1.18. The monoisotopic (exact) mass is 340 g/mol. The molecule has 0 aliphatic heterocycles. The molecule has 0 heterocycles. The Hall–Kier alpha value is -2.70. The molecule has 0 saturated carbocycles. The second-order valence-corrected chi connectivity index (χ2v) is 6.41. The maximum absolute atomic E-state index is 13.0. The van der Waals surface area contributed by atoms with Crippen molar-refractivity contribution >= 4 is 11.6 Å². The molecule has 128 valence electrons. The van der Waals surface area contributed by atoms with Crippen molar-refractivity contribution in [3.63, 3.8) is 0 Å². The number of carbonyl (C=O) groups is 2. The number of ether oxygens (including phenoxy) is 1. The number of Topliss-reactive ketones (excluding diaryl/α,β-unsaturated/α-hetero) is 1. The second-order valence-electron chi connectivity index (χ2n) is 6.41. The predicted molar refractivity (Wildman–Crippen MR) is 88.0 cm³/mol. The molecule has 0 bridgehead atoms. The van der Waals surface area contributed by atoms with E-state index in [0.717, 1.165) is 0 Å². The van der Waals surface area contributed by atoms with E-state index in [1.807, 2.05) is 0 Å². The number of hydrogen-bond acceptors (Lipinski definition) is 6. The highest BCUT2D eigenvalue weighted by molar-refractivity contribution is 6.25. The Kier molecular flexibility index (Phi) is 3.25. The summed E-state index contributed by atoms with van der Waals surface area (Å²) in [7, 11) is 1.46. The lowest BCUT2D eigenvalue weighted by Crippen LogP contribution is -2.38. The van der Waals surface area contributed by atoms with Crippen LogP contribution in [0.1, 0.15) is 44.9 Å². The quantitative estimate of drug-likeness (QED) is 0.624. The van der Waals surface area contributed by atoms with Gasteiger partial charge in [-0.05, 0) is 12.1 Å². The van der Waals surface area contributed by atoms with Gasteiger partial charge in [0.1, 0.15) is 17.6 Å². The minimum absolute atomic E-state index is 0.0568. The molecule has 0 radical (unpaired) electrons. The molecule has 0 fully saturated rings. The number of rotatable bonds is 1. The molecule has 3 N–H and O–H groups in total. The number of phenolic OH excluding ortho intramolecular Hbond substituents is 1. The molecular formula is C19H16O6. The minimum Gasteiger partial charge on any atom is -0.507 e. The zero-order valence-corrected chi connectivity index (χ0v) is 13.6. The molecule has 25 heavy (non-hydrogen) atoms. The van der Waals surface area contributed by atoms with Gasteiger partial charge in [-0.1, -0.05) is 19.1 Å². The van der Waals surface area contributed by atoms with Crippen LogP contribution in [0.25, 0.3) is 11.1 Å². The van der Waals surface area contributed by atoms with E-state index in [0.29, 0.717) is 16.9 Å². The normalized spacial score (nSPS) is 23.9. The highest BCUT2D eigenvalue weighted by Crippen LogP contribution is 2.51. The van der Waals surface area contributed by atoms with Crippen molar-refractivity contribution in [2.75, 3.05) is 7.11 Å². The van der Waals surface area contributed by atoms with E-state index in [2.05, 4.69) is 0 Å². The largest absolute Gasteiger partial charge is 0.507 e. The summed E-state index contributed by atoms with van der Waals surface area (Å²) in [5, 5.41) is 31.3. The number of aliphatic hydroxyl groups excluding tert-OH is 2. The maximum atomic E-state index is 13.0. The molecule has 0 aromatic heterocycles. The van der Waals surface area contributed by atoms with Gasteiger partial charge in [0.2, 0.25) is 0 Å². The molecule has 3 unspecified atom stereocenters. The van der Waals surface area contributed by atoms with Gasteiger partial charge >= 0.3 is 0 Å². The van der Waals surface area contributed by atoms with Gasteiger partial charge in [0, 0.05) is 39.3 Å². The zero-order valence-electron chi connectivity index (χ0n) is 13.6. The number of fused-ring (bicyclic) bond motifs is 5. The molecule has 2 aromatic rings. The Balaban J connectivity index is 2.11. The van der Waals surface area contributed by atoms with Crippen molar-refractivity contribution in [2.24, 2.45) is 5.92 Å². The molecule has 6 nitrogen and oxygen atoms in total. The summed E-state index contributed by atoms with van der Waals surface area (Å²) < 4.78 is 5.31. The number of ketones is 2. The Labute approximate surface area is 143 Å². The Bertz CT molecular complexity index is 945. The lowest BCUT2D eigenvalue weighted by Gasteiger charge is -2.32. The van der Waals surface area contributed by atoms with Gasteiger partial charge in [-0.2, -0.15) is 0 Å². The van der Waals surface area contributed by atoms with Gasteiger partial charge in [-0.15, -0.1) is 0 Å². The van der Waals surface area contributed by atoms with E-state index in [4.69, 9.17) is 4.74 Å². The van der Waals surface area contributed by atoms with Crippen LogP contribution in [0.4, 0.5) is 0 Å². The smallest absolute Gasteiger partial charge is 0.194 e. The Morgan fingerprint density at radius 1 is 1.04 bits per heavy atom. The van der Waals surface area contributed by atoms with Crippen LogP contribution in [0.5, 0.6) is 11.5 Å². The van der Waals surface area contributed by atoms with Crippen LogP contribution >= 0.6 is 0 Å². The molecule has 2 aliphatic rings. The molecule has 0 amide bonds. The Morgan fingerprint density at radius 2 is 1.76 bits per heavy atom. The third kappa shape index (κ3) is 1.86. The summed E-state index contributed by atoms with van der Waals surface area (Å²) >= 11 is 0. The van der Waals surface area contributed by atoms with Gasteiger partial charge in [-0.25, -0.2) is 0 Å². The number of carbonyl (C=O) groups excluding carboxylic acids is 2. The van der Waals surface area contributed by atoms with Crippen LogP contribution in [0, 0.1) is 5.92 Å². The van der Waals surface area contributed by atoms with Crippen molar-refractivity contribution in [2.45, 2.75) is 19.1 Å². The first-order valence-corrected chi connectivity index (χ1v) is 7.90. The third-order valence-corrected chi connectivity index (χ3v) is 5.13. The molecule has 2 aliphatic carbocycles. The van der Waals surface area contributed by atoms with E-state index < -0.39 is 29.7 Å². The summed E-state index contributed by atoms with van der Waals surface area (Å²) in [6, 6.07) is 6.18. The summed E-state index contributed by atoms with van der Waals surface area (Å²) in [4.78, 5) is 25.5. The average Bonchev–Trinajstić information content (AvgIpc) is 2.92. The van der Waals surface area contributed by atoms with Crippen LogP contribution in [0.2, 0.25) is 0 Å². The van der Waals surface area contributed by atoms with Gasteiger partial charge in [0.15, 0.2) is 11.6 Å². The lowest BCUT2D eigenvalue weighted by atomic mass is 9.76. The predicted octanol–water partition coefficient (Wildman–Crippen LogP) is 1.84. The van der Waals surface area contributed by atoms with E-state index in [1.165, 1.54) is 20.1 Å². The van der Waals surface area contributed by atoms with E-state index in [-0.39, 0.29) is 28.0 Å². The van der Waals surface area contributed by atoms with Crippen LogP contribution in [-0.2, 0) is 0 Å². The van der Waals surface area contributed by atoms with Gasteiger partial charge in [-0.3, -0.25) is 9.59 Å². The van der Waals surface area contributed by atoms with Crippen LogP contribution in [-0.4, -0.2) is 40.1 Å². The fraction of sp³-hybridized carbons (Fsp3) is 0.263. The molecule has 2 aromatic carbocycles. The van der Waals surface area contributed by atoms with Gasteiger partial charge in [0.05, 0.1) is 13.2 Å². The number of aromatic hydroxyl groups is 1. The number of benzene rings is 2. The fourth-order valence-corrected chi connectivity index (χ4v) is 3.81. The number of hydrogen-bond donors (Lipinski definition) is 3. The van der Waals surface area contributed by atoms with Crippen molar-refractivity contribution in [1.82, 2.24) is 0 Å². The molecule has 4 rings (SSSR count). The number of methoxy groups -OCH3 is 1. The fourth-order valence-electron chi connectivity index (χ4n) is 3.81. The average molecular weight is 340 g/mol. The topological polar surface area (TPSA) is 104 Å². The molecule has 6 heteroatoms. The maximum Gasteiger partial charge on any atom is 0.194 e. The SMILES string of the molecule is COc1cccc2c1-c1c(O)cc3c(c1C2=O)C(O)C(O)C(C)C3=O. The second kappa shape index (κ2) is 5.15. The molecule has 0 spiro atoms. The highest BCUT2D eigenvalue weighted by Gasteiger charge is 2.45. The van der Waals surface area contributed by atoms with Gasteiger partial charge < -0.3 is 20.1 Å². The van der Waals surface area contributed by atoms with Crippen molar-refractivity contribution in [3.05, 3.63) is 46.5 Å². The molecule has 0 saturated heterocycles. The first kappa shape index (κ1) is 15.8. The minimum atomic E-state index is -1.39. The highest BCUT2D eigenvalue weighted by atomic mass is 16.5. The van der Waals surface area contributed by atoms with Crippen molar-refractivity contribution in [1.29, 1.82) is 0 Å². The van der Waals surface area contributed by atoms with Gasteiger partial charge in [0.25, 0.3) is 0 Å². The lowest BCUT2D eigenvalue weighted by molar-refractivity contribution is -0.0158. The Morgan fingerprint density at radius 3 is 2.44 bits per heavy atom. The van der Waals surface area contributed by atoms with Crippen molar-refractivity contribution in [3.8, 4) is 22.6 Å².